The lowest BCUT2D eigenvalue weighted by Gasteiger charge is -2.35. The number of carbonyl (C=O) groups is 2. The van der Waals surface area contributed by atoms with E-state index in [2.05, 4.69) is 20.3 Å². The van der Waals surface area contributed by atoms with Gasteiger partial charge in [-0.1, -0.05) is 53.4 Å². The Kier molecular flexibility index (Phi) is 6.23. The third kappa shape index (κ3) is 4.22. The van der Waals surface area contributed by atoms with Crippen molar-refractivity contribution in [3.05, 3.63) is 35.9 Å². The largest absolute Gasteiger partial charge is 0.468 e. The highest BCUT2D eigenvalue weighted by atomic mass is 32.2. The van der Waals surface area contributed by atoms with E-state index in [9.17, 15) is 9.59 Å². The molecule has 3 rings (SSSR count). The van der Waals surface area contributed by atoms with Gasteiger partial charge in [-0.25, -0.2) is 0 Å². The Hall–Kier alpha value is -1.97. The molecule has 1 aromatic heterocycles. The van der Waals surface area contributed by atoms with Crippen LogP contribution in [0.25, 0.3) is 0 Å². The molecule has 1 aliphatic heterocycles. The van der Waals surface area contributed by atoms with Crippen molar-refractivity contribution in [1.82, 2.24) is 10.2 Å². The van der Waals surface area contributed by atoms with Crippen LogP contribution in [0.5, 0.6) is 0 Å². The van der Waals surface area contributed by atoms with Crippen molar-refractivity contribution < 1.29 is 19.1 Å². The highest BCUT2D eigenvalue weighted by Gasteiger charge is 2.42. The first kappa shape index (κ1) is 18.8. The molecule has 0 radical (unpaired) electrons. The fourth-order valence-electron chi connectivity index (χ4n) is 2.84. The predicted octanol–water partition coefficient (Wildman–Crippen LogP) is 2.49. The number of ether oxygens (including phenoxy) is 2. The first-order valence-electron chi connectivity index (χ1n) is 8.12. The van der Waals surface area contributed by atoms with Crippen molar-refractivity contribution in [2.24, 2.45) is 0 Å². The number of hydrogen-bond acceptors (Lipinski definition) is 8. The minimum Gasteiger partial charge on any atom is -0.468 e. The zero-order valence-electron chi connectivity index (χ0n) is 14.3. The quantitative estimate of drug-likeness (QED) is 0.458. The van der Waals surface area contributed by atoms with Crippen molar-refractivity contribution in [2.45, 2.75) is 22.6 Å². The molecule has 2 heterocycles. The second-order valence-electron chi connectivity index (χ2n) is 5.75. The van der Waals surface area contributed by atoms with Crippen molar-refractivity contribution in [1.29, 1.82) is 0 Å². The van der Waals surface area contributed by atoms with Crippen molar-refractivity contribution in [3.8, 4) is 0 Å². The van der Waals surface area contributed by atoms with Gasteiger partial charge in [0.05, 0.1) is 18.3 Å². The van der Waals surface area contributed by atoms with Crippen LogP contribution in [0, 0.1) is 0 Å². The van der Waals surface area contributed by atoms with E-state index in [4.69, 9.17) is 4.74 Å². The molecule has 138 valence electrons. The van der Waals surface area contributed by atoms with E-state index in [0.717, 1.165) is 5.56 Å². The van der Waals surface area contributed by atoms with Gasteiger partial charge in [0.25, 0.3) is 0 Å². The summed E-state index contributed by atoms with van der Waals surface area (Å²) in [6.07, 6.45) is 1.23. The van der Waals surface area contributed by atoms with Crippen LogP contribution in [0.3, 0.4) is 0 Å². The van der Waals surface area contributed by atoms with Gasteiger partial charge >= 0.3 is 5.97 Å². The molecule has 2 aromatic rings. The number of nitrogens with zero attached hydrogens (tertiary/aromatic N) is 2. The van der Waals surface area contributed by atoms with Crippen LogP contribution >= 0.6 is 23.1 Å². The predicted molar refractivity (Wildman–Crippen MR) is 99.5 cm³/mol. The van der Waals surface area contributed by atoms with Crippen LogP contribution < -0.4 is 5.32 Å². The molecule has 1 aromatic carbocycles. The monoisotopic (exact) mass is 393 g/mol. The summed E-state index contributed by atoms with van der Waals surface area (Å²) in [5, 5.41) is 11.3. The third-order valence-electron chi connectivity index (χ3n) is 4.28. The Morgan fingerprint density at radius 3 is 2.69 bits per heavy atom. The molecule has 1 saturated heterocycles. The summed E-state index contributed by atoms with van der Waals surface area (Å²) < 4.78 is 10.7. The zero-order valence-corrected chi connectivity index (χ0v) is 15.9. The number of thioether (sulfide) groups is 1. The first-order chi connectivity index (χ1) is 12.6. The molecule has 7 nitrogen and oxygen atoms in total. The maximum absolute atomic E-state index is 13.1. The second kappa shape index (κ2) is 8.61. The van der Waals surface area contributed by atoms with Gasteiger partial charge in [-0.05, 0) is 18.4 Å². The van der Waals surface area contributed by atoms with E-state index in [0.29, 0.717) is 35.5 Å². The molecule has 1 fully saturated rings. The molecule has 0 bridgehead atoms. The molecule has 0 atom stereocenters. The van der Waals surface area contributed by atoms with Gasteiger partial charge in [0.2, 0.25) is 11.0 Å². The lowest BCUT2D eigenvalue weighted by molar-refractivity contribution is -0.137. The third-order valence-corrected chi connectivity index (χ3v) is 6.22. The van der Waals surface area contributed by atoms with Gasteiger partial charge in [0, 0.05) is 13.2 Å². The maximum atomic E-state index is 13.1. The van der Waals surface area contributed by atoms with Crippen molar-refractivity contribution in [3.63, 3.8) is 0 Å². The molecule has 1 amide bonds. The van der Waals surface area contributed by atoms with Crippen LogP contribution in [-0.2, 0) is 24.5 Å². The van der Waals surface area contributed by atoms with E-state index < -0.39 is 5.41 Å². The Labute approximate surface area is 159 Å². The standard InChI is InChI=1S/C17H19N3O4S2/c1-23-13(21)11-25-16-20-19-15(26-16)18-14(22)17(7-9-24-10-8-17)12-5-3-2-4-6-12/h2-6H,7-11H2,1H3,(H,18,19,22). The van der Waals surface area contributed by atoms with E-state index >= 15 is 0 Å². The fourth-order valence-corrected chi connectivity index (χ4v) is 4.42. The molecule has 0 spiro atoms. The van der Waals surface area contributed by atoms with Gasteiger partial charge in [0.1, 0.15) is 0 Å². The lowest BCUT2D eigenvalue weighted by Crippen LogP contribution is -2.44. The van der Waals surface area contributed by atoms with Gasteiger partial charge in [-0.2, -0.15) is 0 Å². The lowest BCUT2D eigenvalue weighted by atomic mass is 9.73. The molecule has 0 unspecified atom stereocenters. The highest BCUT2D eigenvalue weighted by Crippen LogP contribution is 2.36. The summed E-state index contributed by atoms with van der Waals surface area (Å²) in [5.41, 5.74) is 0.343. The average molecular weight is 393 g/mol. The number of aromatic nitrogens is 2. The number of nitrogens with one attached hydrogen (secondary N) is 1. The number of rotatable bonds is 6. The summed E-state index contributed by atoms with van der Waals surface area (Å²) in [7, 11) is 1.34. The minimum atomic E-state index is -0.634. The average Bonchev–Trinajstić information content (AvgIpc) is 3.14. The number of anilines is 1. The topological polar surface area (TPSA) is 90.4 Å². The fraction of sp³-hybridized carbons (Fsp3) is 0.412. The smallest absolute Gasteiger partial charge is 0.316 e. The number of carbonyl (C=O) groups excluding carboxylic acids is 2. The SMILES string of the molecule is COC(=O)CSc1nnc(NC(=O)C2(c3ccccc3)CCOCC2)s1. The van der Waals surface area contributed by atoms with Gasteiger partial charge in [0.15, 0.2) is 4.34 Å². The molecule has 9 heteroatoms. The highest BCUT2D eigenvalue weighted by molar-refractivity contribution is 8.01. The first-order valence-corrected chi connectivity index (χ1v) is 9.92. The second-order valence-corrected chi connectivity index (χ2v) is 7.95. The number of benzene rings is 1. The number of methoxy groups -OCH3 is 1. The van der Waals surface area contributed by atoms with Crippen molar-refractivity contribution in [2.75, 3.05) is 31.4 Å². The van der Waals surface area contributed by atoms with Crippen LogP contribution in [-0.4, -0.2) is 48.2 Å². The molecule has 1 N–H and O–H groups in total. The molecular formula is C17H19N3O4S2. The molecule has 0 saturated carbocycles. The van der Waals surface area contributed by atoms with E-state index in [-0.39, 0.29) is 17.6 Å². The molecular weight excluding hydrogens is 374 g/mol. The normalized spacial score (nSPS) is 16.0. The molecule has 26 heavy (non-hydrogen) atoms. The van der Waals surface area contributed by atoms with Crippen LogP contribution in [0.15, 0.2) is 34.7 Å². The maximum Gasteiger partial charge on any atom is 0.316 e. The zero-order chi connectivity index (χ0) is 18.4. The summed E-state index contributed by atoms with van der Waals surface area (Å²) in [5.74, 6) is -0.279. The van der Waals surface area contributed by atoms with Crippen LogP contribution in [0.4, 0.5) is 5.13 Å². The van der Waals surface area contributed by atoms with Crippen LogP contribution in [0.2, 0.25) is 0 Å². The summed E-state index contributed by atoms with van der Waals surface area (Å²) in [6, 6.07) is 9.76. The van der Waals surface area contributed by atoms with Crippen LogP contribution in [0.1, 0.15) is 18.4 Å². The number of hydrogen-bond donors (Lipinski definition) is 1. The Morgan fingerprint density at radius 2 is 2.00 bits per heavy atom. The number of esters is 1. The minimum absolute atomic E-state index is 0.104. The summed E-state index contributed by atoms with van der Waals surface area (Å²) >= 11 is 2.47. The van der Waals surface area contributed by atoms with Crippen molar-refractivity contribution >= 4 is 40.1 Å². The Bertz CT molecular complexity index is 760. The number of amides is 1. The van der Waals surface area contributed by atoms with E-state index in [1.54, 1.807) is 0 Å². The van der Waals surface area contributed by atoms with Gasteiger partial charge < -0.3 is 9.47 Å². The summed E-state index contributed by atoms with van der Waals surface area (Å²) in [6.45, 7) is 1.08. The Balaban J connectivity index is 1.73. The molecule has 0 aliphatic carbocycles. The summed E-state index contributed by atoms with van der Waals surface area (Å²) in [4.78, 5) is 24.3. The van der Waals surface area contributed by atoms with E-state index in [1.807, 2.05) is 30.3 Å². The van der Waals surface area contributed by atoms with E-state index in [1.165, 1.54) is 30.2 Å². The molecule has 1 aliphatic rings. The van der Waals surface area contributed by atoms with Gasteiger partial charge in [-0.3, -0.25) is 14.9 Å². The van der Waals surface area contributed by atoms with Gasteiger partial charge in [-0.15, -0.1) is 10.2 Å². The Morgan fingerprint density at radius 1 is 1.27 bits per heavy atom.